The van der Waals surface area contributed by atoms with Crippen LogP contribution in [0.4, 0.5) is 0 Å². The Hall–Kier alpha value is -2.61. The van der Waals surface area contributed by atoms with Gasteiger partial charge in [-0.2, -0.15) is 0 Å². The number of aliphatic hydroxyl groups is 1. The number of amides is 2. The van der Waals surface area contributed by atoms with Crippen LogP contribution in [-0.2, 0) is 14.4 Å². The van der Waals surface area contributed by atoms with Gasteiger partial charge in [0.05, 0.1) is 0 Å². The molecule has 0 spiro atoms. The Morgan fingerprint density at radius 1 is 1.13 bits per heavy atom. The van der Waals surface area contributed by atoms with Crippen LogP contribution in [0.3, 0.4) is 0 Å². The highest BCUT2D eigenvalue weighted by Crippen LogP contribution is 2.17. The summed E-state index contributed by atoms with van der Waals surface area (Å²) < 4.78 is 0. The molecule has 23 heavy (non-hydrogen) atoms. The Kier molecular flexibility index (Phi) is 7.01. The maximum absolute atomic E-state index is 12.3. The summed E-state index contributed by atoms with van der Waals surface area (Å²) in [6.45, 7) is 0.978. The molecule has 8 heteroatoms. The molecular formula is C15H20N2O6. The van der Waals surface area contributed by atoms with E-state index in [2.05, 4.69) is 10.6 Å². The number of nitrogens with one attached hydrogen (secondary N) is 2. The summed E-state index contributed by atoms with van der Waals surface area (Å²) in [5.41, 5.74) is 0.350. The number of aliphatic carboxylic acids is 1. The minimum Gasteiger partial charge on any atom is -0.508 e. The van der Waals surface area contributed by atoms with E-state index >= 15 is 0 Å². The molecule has 0 aromatic heterocycles. The van der Waals surface area contributed by atoms with Gasteiger partial charge in [0, 0.05) is 0 Å². The molecule has 0 bridgehead atoms. The normalized spacial score (nSPS) is 13.0. The van der Waals surface area contributed by atoms with Gasteiger partial charge in [-0.25, -0.2) is 4.79 Å². The fraction of sp³-hybridized carbons (Fsp3) is 0.400. The van der Waals surface area contributed by atoms with Gasteiger partial charge in [-0.15, -0.1) is 0 Å². The van der Waals surface area contributed by atoms with Gasteiger partial charge in [-0.3, -0.25) is 9.59 Å². The van der Waals surface area contributed by atoms with Crippen molar-refractivity contribution >= 4 is 17.8 Å². The van der Waals surface area contributed by atoms with Crippen molar-refractivity contribution in [1.82, 2.24) is 10.6 Å². The molecule has 2 amide bonds. The molecule has 0 heterocycles. The summed E-state index contributed by atoms with van der Waals surface area (Å²) in [6.07, 6.45) is 0.807. The number of rotatable bonds is 8. The van der Waals surface area contributed by atoms with Crippen molar-refractivity contribution in [3.8, 4) is 5.75 Å². The summed E-state index contributed by atoms with van der Waals surface area (Å²) in [5.74, 6) is -2.67. The van der Waals surface area contributed by atoms with Gasteiger partial charge in [0.2, 0.25) is 11.8 Å². The number of carbonyl (C=O) groups is 3. The van der Waals surface area contributed by atoms with E-state index in [1.807, 2.05) is 0 Å². The first kappa shape index (κ1) is 18.4. The lowest BCUT2D eigenvalue weighted by atomic mass is 10.0. The Balaban J connectivity index is 2.98. The summed E-state index contributed by atoms with van der Waals surface area (Å²) in [4.78, 5) is 34.9. The maximum atomic E-state index is 12.3. The number of phenols is 1. The summed E-state index contributed by atoms with van der Waals surface area (Å²) >= 11 is 0. The maximum Gasteiger partial charge on any atom is 0.326 e. The Morgan fingerprint density at radius 2 is 1.74 bits per heavy atom. The van der Waals surface area contributed by atoms with Crippen LogP contribution in [0.2, 0.25) is 0 Å². The van der Waals surface area contributed by atoms with E-state index in [4.69, 9.17) is 10.2 Å². The molecule has 0 aliphatic heterocycles. The standard InChI is InChI=1S/C15H20N2O6/c1-2-3-11(15(22)23)16-14(21)13(17-12(20)8-18)9-4-6-10(19)7-5-9/h4-7,11,13,18-19H,2-3,8H2,1H3,(H,16,21)(H,17,20)(H,22,23). The lowest BCUT2D eigenvalue weighted by Crippen LogP contribution is -2.47. The fourth-order valence-corrected chi connectivity index (χ4v) is 1.97. The van der Waals surface area contributed by atoms with E-state index in [0.29, 0.717) is 12.0 Å². The molecule has 0 radical (unpaired) electrons. The van der Waals surface area contributed by atoms with Crippen LogP contribution in [0.5, 0.6) is 5.75 Å². The number of aliphatic hydroxyl groups excluding tert-OH is 1. The highest BCUT2D eigenvalue weighted by Gasteiger charge is 2.27. The number of aromatic hydroxyl groups is 1. The van der Waals surface area contributed by atoms with Gasteiger partial charge in [0.15, 0.2) is 0 Å². The predicted molar refractivity (Wildman–Crippen MR) is 80.6 cm³/mol. The first-order valence-corrected chi connectivity index (χ1v) is 7.11. The first-order chi connectivity index (χ1) is 10.9. The van der Waals surface area contributed by atoms with Gasteiger partial charge in [0.1, 0.15) is 24.4 Å². The molecule has 0 fully saturated rings. The highest BCUT2D eigenvalue weighted by molar-refractivity contribution is 5.91. The third-order valence-electron chi connectivity index (χ3n) is 3.13. The SMILES string of the molecule is CCCC(NC(=O)C(NC(=O)CO)c1ccc(O)cc1)C(=O)O. The van der Waals surface area contributed by atoms with E-state index in [9.17, 15) is 19.5 Å². The molecule has 1 aromatic rings. The topological polar surface area (TPSA) is 136 Å². The number of hydrogen-bond acceptors (Lipinski definition) is 5. The quantitative estimate of drug-likeness (QED) is 0.453. The first-order valence-electron chi connectivity index (χ1n) is 7.11. The number of benzene rings is 1. The number of hydrogen-bond donors (Lipinski definition) is 5. The molecule has 126 valence electrons. The molecule has 0 saturated carbocycles. The molecule has 0 aliphatic carbocycles. The molecular weight excluding hydrogens is 304 g/mol. The van der Waals surface area contributed by atoms with Gasteiger partial charge in [-0.1, -0.05) is 25.5 Å². The number of carboxylic acid groups (broad SMARTS) is 1. The Bertz CT molecular complexity index is 558. The zero-order valence-corrected chi connectivity index (χ0v) is 12.7. The third kappa shape index (κ3) is 5.59. The van der Waals surface area contributed by atoms with E-state index in [1.165, 1.54) is 24.3 Å². The second kappa shape index (κ2) is 8.74. The molecule has 0 aliphatic rings. The lowest BCUT2D eigenvalue weighted by molar-refractivity contribution is -0.142. The van der Waals surface area contributed by atoms with Crippen molar-refractivity contribution < 1.29 is 29.7 Å². The molecule has 5 N–H and O–H groups in total. The van der Waals surface area contributed by atoms with Crippen LogP contribution in [0.15, 0.2) is 24.3 Å². The van der Waals surface area contributed by atoms with Crippen molar-refractivity contribution in [1.29, 1.82) is 0 Å². The third-order valence-corrected chi connectivity index (χ3v) is 3.13. The van der Waals surface area contributed by atoms with Gasteiger partial charge >= 0.3 is 5.97 Å². The Labute approximate surface area is 133 Å². The van der Waals surface area contributed by atoms with Crippen molar-refractivity contribution in [2.75, 3.05) is 6.61 Å². The van der Waals surface area contributed by atoms with E-state index in [-0.39, 0.29) is 12.2 Å². The van der Waals surface area contributed by atoms with Crippen LogP contribution >= 0.6 is 0 Å². The van der Waals surface area contributed by atoms with Gasteiger partial charge in [-0.05, 0) is 24.1 Å². The zero-order valence-electron chi connectivity index (χ0n) is 12.7. The molecule has 2 atom stereocenters. The smallest absolute Gasteiger partial charge is 0.326 e. The molecule has 1 aromatic carbocycles. The number of carbonyl (C=O) groups excluding carboxylic acids is 2. The van der Waals surface area contributed by atoms with E-state index in [1.54, 1.807) is 6.92 Å². The fourth-order valence-electron chi connectivity index (χ4n) is 1.97. The summed E-state index contributed by atoms with van der Waals surface area (Å²) in [5, 5.41) is 31.9. The number of carboxylic acids is 1. The van der Waals surface area contributed by atoms with E-state index in [0.717, 1.165) is 0 Å². The lowest BCUT2D eigenvalue weighted by Gasteiger charge is -2.21. The minimum absolute atomic E-state index is 0.0178. The Morgan fingerprint density at radius 3 is 2.22 bits per heavy atom. The molecule has 0 saturated heterocycles. The van der Waals surface area contributed by atoms with Crippen molar-refractivity contribution in [3.63, 3.8) is 0 Å². The van der Waals surface area contributed by atoms with Crippen LogP contribution in [0, 0.1) is 0 Å². The second-order valence-electron chi connectivity index (χ2n) is 4.94. The highest BCUT2D eigenvalue weighted by atomic mass is 16.4. The predicted octanol–water partition coefficient (Wildman–Crippen LogP) is -0.0887. The molecule has 8 nitrogen and oxygen atoms in total. The largest absolute Gasteiger partial charge is 0.508 e. The average molecular weight is 324 g/mol. The van der Waals surface area contributed by atoms with Crippen LogP contribution in [0.25, 0.3) is 0 Å². The van der Waals surface area contributed by atoms with Crippen LogP contribution in [0.1, 0.15) is 31.4 Å². The second-order valence-corrected chi connectivity index (χ2v) is 4.94. The minimum atomic E-state index is -1.17. The van der Waals surface area contributed by atoms with E-state index < -0.39 is 36.5 Å². The van der Waals surface area contributed by atoms with Crippen molar-refractivity contribution in [3.05, 3.63) is 29.8 Å². The molecule has 1 rings (SSSR count). The van der Waals surface area contributed by atoms with Gasteiger partial charge < -0.3 is 26.0 Å². The van der Waals surface area contributed by atoms with Crippen LogP contribution < -0.4 is 10.6 Å². The summed E-state index contributed by atoms with van der Waals surface area (Å²) in [7, 11) is 0. The van der Waals surface area contributed by atoms with Crippen LogP contribution in [-0.4, -0.2) is 45.8 Å². The van der Waals surface area contributed by atoms with Crippen molar-refractivity contribution in [2.24, 2.45) is 0 Å². The summed E-state index contributed by atoms with van der Waals surface area (Å²) in [6, 6.07) is 3.27. The molecule has 2 unspecified atom stereocenters. The average Bonchev–Trinajstić information content (AvgIpc) is 2.52. The van der Waals surface area contributed by atoms with Gasteiger partial charge in [0.25, 0.3) is 0 Å². The zero-order chi connectivity index (χ0) is 17.4. The van der Waals surface area contributed by atoms with Crippen molar-refractivity contribution in [2.45, 2.75) is 31.8 Å². The monoisotopic (exact) mass is 324 g/mol. The number of phenolic OH excluding ortho intramolecular Hbond substituents is 1.